The predicted molar refractivity (Wildman–Crippen MR) is 76.6 cm³/mol. The van der Waals surface area contributed by atoms with Gasteiger partial charge in [-0.25, -0.2) is 17.4 Å². The zero-order chi connectivity index (χ0) is 14.8. The summed E-state index contributed by atoms with van der Waals surface area (Å²) in [4.78, 5) is 4.07. The molecule has 2 rings (SSSR count). The molecule has 0 fully saturated rings. The molecule has 6 heteroatoms. The molecular formula is C14H15N3O2S. The molecule has 1 aromatic heterocycles. The minimum absolute atomic E-state index is 0.158. The summed E-state index contributed by atoms with van der Waals surface area (Å²) in [7, 11) is -3.71. The van der Waals surface area contributed by atoms with Crippen molar-refractivity contribution in [2.75, 3.05) is 6.54 Å². The van der Waals surface area contributed by atoms with E-state index in [1.165, 1.54) is 12.5 Å². The van der Waals surface area contributed by atoms with E-state index < -0.39 is 15.9 Å². The van der Waals surface area contributed by atoms with Gasteiger partial charge in [-0.05, 0) is 19.1 Å². The number of terminal acetylenes is 1. The summed E-state index contributed by atoms with van der Waals surface area (Å²) in [5.41, 5.74) is 6.95. The fourth-order valence-corrected chi connectivity index (χ4v) is 3.17. The number of hydrogen-bond acceptors (Lipinski definition) is 4. The highest BCUT2D eigenvalue weighted by Crippen LogP contribution is 2.20. The maximum Gasteiger partial charge on any atom is 0.269 e. The second-order valence-electron chi connectivity index (χ2n) is 4.39. The molecule has 20 heavy (non-hydrogen) atoms. The zero-order valence-corrected chi connectivity index (χ0v) is 11.8. The molecule has 0 bridgehead atoms. The summed E-state index contributed by atoms with van der Waals surface area (Å²) in [6.45, 7) is 2.05. The van der Waals surface area contributed by atoms with Gasteiger partial charge in [0.15, 0.2) is 0 Å². The molecule has 0 aliphatic heterocycles. The monoisotopic (exact) mass is 289 g/mol. The SMILES string of the molecule is C#CC(CN)c1cncn1S(=O)(=O)c1ccc(C)cc1. The molecule has 2 aromatic rings. The van der Waals surface area contributed by atoms with Crippen molar-refractivity contribution in [3.05, 3.63) is 48.0 Å². The van der Waals surface area contributed by atoms with Crippen molar-refractivity contribution in [3.63, 3.8) is 0 Å². The van der Waals surface area contributed by atoms with Crippen LogP contribution in [0.3, 0.4) is 0 Å². The van der Waals surface area contributed by atoms with Gasteiger partial charge in [-0.2, -0.15) is 0 Å². The number of aromatic nitrogens is 2. The first kappa shape index (κ1) is 14.3. The van der Waals surface area contributed by atoms with E-state index in [2.05, 4.69) is 10.9 Å². The van der Waals surface area contributed by atoms with Crippen molar-refractivity contribution < 1.29 is 8.42 Å². The summed E-state index contributed by atoms with van der Waals surface area (Å²) >= 11 is 0. The van der Waals surface area contributed by atoms with Gasteiger partial charge in [-0.15, -0.1) is 6.42 Å². The molecule has 0 spiro atoms. The van der Waals surface area contributed by atoms with Gasteiger partial charge in [-0.3, -0.25) is 0 Å². The number of imidazole rings is 1. The van der Waals surface area contributed by atoms with E-state index in [1.54, 1.807) is 24.3 Å². The fraction of sp³-hybridized carbons (Fsp3) is 0.214. The average molecular weight is 289 g/mol. The first-order chi connectivity index (χ1) is 9.50. The molecule has 1 unspecified atom stereocenters. The molecule has 0 radical (unpaired) electrons. The van der Waals surface area contributed by atoms with Crippen LogP contribution in [0.15, 0.2) is 41.7 Å². The van der Waals surface area contributed by atoms with Crippen LogP contribution in [0.25, 0.3) is 0 Å². The third kappa shape index (κ3) is 2.46. The maximum atomic E-state index is 12.6. The highest BCUT2D eigenvalue weighted by Gasteiger charge is 2.23. The van der Waals surface area contributed by atoms with Gasteiger partial charge in [0.25, 0.3) is 10.0 Å². The molecule has 5 nitrogen and oxygen atoms in total. The topological polar surface area (TPSA) is 78.0 Å². The van der Waals surface area contributed by atoms with Crippen molar-refractivity contribution in [3.8, 4) is 12.3 Å². The highest BCUT2D eigenvalue weighted by atomic mass is 32.2. The van der Waals surface area contributed by atoms with Crippen LogP contribution < -0.4 is 5.73 Å². The Hall–Kier alpha value is -2.10. The van der Waals surface area contributed by atoms with E-state index in [0.29, 0.717) is 5.69 Å². The minimum Gasteiger partial charge on any atom is -0.329 e. The Balaban J connectivity index is 2.54. The van der Waals surface area contributed by atoms with Gasteiger partial charge in [0, 0.05) is 6.54 Å². The van der Waals surface area contributed by atoms with Crippen LogP contribution in [0.1, 0.15) is 17.2 Å². The van der Waals surface area contributed by atoms with Gasteiger partial charge in [-0.1, -0.05) is 23.6 Å². The first-order valence-electron chi connectivity index (χ1n) is 6.01. The smallest absolute Gasteiger partial charge is 0.269 e. The van der Waals surface area contributed by atoms with Crippen LogP contribution in [0.5, 0.6) is 0 Å². The standard InChI is InChI=1S/C14H15N3O2S/c1-3-12(8-15)14-9-16-10-17(14)20(18,19)13-6-4-11(2)5-7-13/h1,4-7,9-10,12H,8,15H2,2H3. The summed E-state index contributed by atoms with van der Waals surface area (Å²) in [6, 6.07) is 6.60. The quantitative estimate of drug-likeness (QED) is 0.855. The Morgan fingerprint density at radius 2 is 2.05 bits per heavy atom. The summed E-state index contributed by atoms with van der Waals surface area (Å²) in [5, 5.41) is 0. The number of rotatable bonds is 4. The van der Waals surface area contributed by atoms with Crippen LogP contribution in [0, 0.1) is 19.3 Å². The van der Waals surface area contributed by atoms with Gasteiger partial charge in [0.2, 0.25) is 0 Å². The average Bonchev–Trinajstić information content (AvgIpc) is 2.91. The predicted octanol–water partition coefficient (Wildman–Crippen LogP) is 1.10. The molecule has 1 aromatic carbocycles. The third-order valence-electron chi connectivity index (χ3n) is 3.00. The molecule has 0 amide bonds. The van der Waals surface area contributed by atoms with E-state index in [0.717, 1.165) is 9.54 Å². The van der Waals surface area contributed by atoms with Crippen molar-refractivity contribution in [1.82, 2.24) is 8.96 Å². The Morgan fingerprint density at radius 3 is 2.60 bits per heavy atom. The molecule has 1 atom stereocenters. The molecular weight excluding hydrogens is 274 g/mol. The number of hydrogen-bond donors (Lipinski definition) is 1. The van der Waals surface area contributed by atoms with Crippen LogP contribution in [-0.4, -0.2) is 23.9 Å². The Labute approximate surface area is 118 Å². The molecule has 0 saturated heterocycles. The maximum absolute atomic E-state index is 12.6. The van der Waals surface area contributed by atoms with E-state index in [-0.39, 0.29) is 11.4 Å². The zero-order valence-electron chi connectivity index (χ0n) is 11.0. The Kier molecular flexibility index (Phi) is 3.93. The van der Waals surface area contributed by atoms with E-state index in [4.69, 9.17) is 12.2 Å². The Bertz CT molecular complexity index is 739. The fourth-order valence-electron chi connectivity index (χ4n) is 1.84. The van der Waals surface area contributed by atoms with Crippen LogP contribution >= 0.6 is 0 Å². The number of nitrogens with two attached hydrogens (primary N) is 1. The van der Waals surface area contributed by atoms with E-state index in [9.17, 15) is 8.42 Å². The molecule has 1 heterocycles. The van der Waals surface area contributed by atoms with Crippen LogP contribution in [0.2, 0.25) is 0 Å². The van der Waals surface area contributed by atoms with Crippen molar-refractivity contribution in [2.45, 2.75) is 17.7 Å². The van der Waals surface area contributed by atoms with E-state index >= 15 is 0 Å². The number of benzene rings is 1. The molecule has 2 N–H and O–H groups in total. The lowest BCUT2D eigenvalue weighted by Crippen LogP contribution is -2.20. The lowest BCUT2D eigenvalue weighted by Gasteiger charge is -2.13. The number of nitrogens with zero attached hydrogens (tertiary/aromatic N) is 2. The van der Waals surface area contributed by atoms with Crippen molar-refractivity contribution >= 4 is 10.0 Å². The molecule has 0 aliphatic carbocycles. The summed E-state index contributed by atoms with van der Waals surface area (Å²) in [6.07, 6.45) is 8.05. The van der Waals surface area contributed by atoms with Gasteiger partial charge in [0.1, 0.15) is 6.33 Å². The summed E-state index contributed by atoms with van der Waals surface area (Å²) in [5.74, 6) is 1.99. The second kappa shape index (κ2) is 5.49. The second-order valence-corrected chi connectivity index (χ2v) is 6.20. The Morgan fingerprint density at radius 1 is 1.40 bits per heavy atom. The van der Waals surface area contributed by atoms with Crippen LogP contribution in [-0.2, 0) is 10.0 Å². The largest absolute Gasteiger partial charge is 0.329 e. The van der Waals surface area contributed by atoms with Gasteiger partial charge < -0.3 is 5.73 Å². The molecule has 0 saturated carbocycles. The minimum atomic E-state index is -3.71. The normalized spacial score (nSPS) is 12.8. The lowest BCUT2D eigenvalue weighted by atomic mass is 10.1. The van der Waals surface area contributed by atoms with Crippen molar-refractivity contribution in [2.24, 2.45) is 5.73 Å². The van der Waals surface area contributed by atoms with Crippen molar-refractivity contribution in [1.29, 1.82) is 0 Å². The number of aryl methyl sites for hydroxylation is 1. The molecule has 104 valence electrons. The highest BCUT2D eigenvalue weighted by molar-refractivity contribution is 7.90. The van der Waals surface area contributed by atoms with E-state index in [1.807, 2.05) is 6.92 Å². The van der Waals surface area contributed by atoms with Crippen LogP contribution in [0.4, 0.5) is 0 Å². The van der Waals surface area contributed by atoms with Gasteiger partial charge >= 0.3 is 0 Å². The lowest BCUT2D eigenvalue weighted by molar-refractivity contribution is 0.584. The summed E-state index contributed by atoms with van der Waals surface area (Å²) < 4.78 is 26.2. The first-order valence-corrected chi connectivity index (χ1v) is 7.45. The molecule has 0 aliphatic rings. The third-order valence-corrected chi connectivity index (χ3v) is 4.70. The van der Waals surface area contributed by atoms with Gasteiger partial charge in [0.05, 0.1) is 22.7 Å².